The third kappa shape index (κ3) is 3.83. The van der Waals surface area contributed by atoms with Gasteiger partial charge in [-0.25, -0.2) is 0 Å². The number of hydrogen-bond acceptors (Lipinski definition) is 3. The van der Waals surface area contributed by atoms with E-state index in [1.807, 2.05) is 17.9 Å². The molecule has 1 aliphatic rings. The second-order valence-corrected chi connectivity index (χ2v) is 7.19. The molecule has 4 heteroatoms. The SMILES string of the molecule is CCCC1CN(Cc2ccn(C)n2)C(C(C)(C)C)CN1. The molecule has 0 bridgehead atoms. The van der Waals surface area contributed by atoms with Crippen LogP contribution in [0.3, 0.4) is 0 Å². The van der Waals surface area contributed by atoms with Crippen LogP contribution >= 0.6 is 0 Å². The zero-order chi connectivity index (χ0) is 14.8. The van der Waals surface area contributed by atoms with Crippen molar-refractivity contribution >= 4 is 0 Å². The van der Waals surface area contributed by atoms with Crippen LogP contribution in [0.1, 0.15) is 46.2 Å². The Kier molecular flexibility index (Phi) is 4.86. The fraction of sp³-hybridized carbons (Fsp3) is 0.812. The lowest BCUT2D eigenvalue weighted by molar-refractivity contribution is 0.0464. The van der Waals surface area contributed by atoms with E-state index in [4.69, 9.17) is 0 Å². The van der Waals surface area contributed by atoms with Crippen molar-refractivity contribution in [2.45, 2.75) is 59.2 Å². The third-order valence-electron chi connectivity index (χ3n) is 4.27. The highest BCUT2D eigenvalue weighted by atomic mass is 15.3. The summed E-state index contributed by atoms with van der Waals surface area (Å²) in [5, 5.41) is 8.28. The summed E-state index contributed by atoms with van der Waals surface area (Å²) in [6.07, 6.45) is 4.54. The van der Waals surface area contributed by atoms with Crippen LogP contribution in [-0.2, 0) is 13.6 Å². The van der Waals surface area contributed by atoms with Gasteiger partial charge in [0.05, 0.1) is 5.69 Å². The molecule has 1 aromatic heterocycles. The molecule has 2 rings (SSSR count). The Bertz CT molecular complexity index is 418. The van der Waals surface area contributed by atoms with Crippen molar-refractivity contribution in [1.82, 2.24) is 20.0 Å². The molecule has 2 heterocycles. The van der Waals surface area contributed by atoms with Gasteiger partial charge in [-0.15, -0.1) is 0 Å². The monoisotopic (exact) mass is 278 g/mol. The Hall–Kier alpha value is -0.870. The van der Waals surface area contributed by atoms with E-state index >= 15 is 0 Å². The summed E-state index contributed by atoms with van der Waals surface area (Å²) < 4.78 is 1.90. The molecule has 114 valence electrons. The maximum absolute atomic E-state index is 4.55. The number of nitrogens with zero attached hydrogens (tertiary/aromatic N) is 3. The second kappa shape index (κ2) is 6.27. The second-order valence-electron chi connectivity index (χ2n) is 7.19. The topological polar surface area (TPSA) is 33.1 Å². The van der Waals surface area contributed by atoms with E-state index < -0.39 is 0 Å². The van der Waals surface area contributed by atoms with Crippen LogP contribution in [0.15, 0.2) is 12.3 Å². The summed E-state index contributed by atoms with van der Waals surface area (Å²) in [7, 11) is 1.99. The number of aryl methyl sites for hydroxylation is 1. The van der Waals surface area contributed by atoms with E-state index in [2.05, 4.69) is 49.1 Å². The van der Waals surface area contributed by atoms with Gasteiger partial charge in [0, 0.05) is 45.0 Å². The van der Waals surface area contributed by atoms with Crippen LogP contribution in [0.2, 0.25) is 0 Å². The van der Waals surface area contributed by atoms with E-state index in [9.17, 15) is 0 Å². The van der Waals surface area contributed by atoms with Crippen molar-refractivity contribution < 1.29 is 0 Å². The van der Waals surface area contributed by atoms with E-state index in [0.717, 1.165) is 19.6 Å². The van der Waals surface area contributed by atoms with Gasteiger partial charge in [0.2, 0.25) is 0 Å². The van der Waals surface area contributed by atoms with Crippen molar-refractivity contribution in [3.63, 3.8) is 0 Å². The average Bonchev–Trinajstić information content (AvgIpc) is 2.74. The van der Waals surface area contributed by atoms with Crippen molar-refractivity contribution in [1.29, 1.82) is 0 Å². The molecular weight excluding hydrogens is 248 g/mol. The molecular formula is C16H30N4. The first kappa shape index (κ1) is 15.5. The molecule has 0 saturated carbocycles. The van der Waals surface area contributed by atoms with E-state index in [1.54, 1.807) is 0 Å². The maximum Gasteiger partial charge on any atom is 0.0764 e. The molecule has 20 heavy (non-hydrogen) atoms. The minimum atomic E-state index is 0.291. The van der Waals surface area contributed by atoms with Crippen LogP contribution in [0.25, 0.3) is 0 Å². The molecule has 0 aliphatic carbocycles. The quantitative estimate of drug-likeness (QED) is 0.918. The lowest BCUT2D eigenvalue weighted by atomic mass is 9.83. The molecule has 1 N–H and O–H groups in total. The first-order valence-electron chi connectivity index (χ1n) is 7.86. The highest BCUT2D eigenvalue weighted by molar-refractivity contribution is 5.02. The van der Waals surface area contributed by atoms with E-state index in [1.165, 1.54) is 18.5 Å². The summed E-state index contributed by atoms with van der Waals surface area (Å²) in [6.45, 7) is 12.5. The summed E-state index contributed by atoms with van der Waals surface area (Å²) in [5.41, 5.74) is 1.47. The van der Waals surface area contributed by atoms with Gasteiger partial charge >= 0.3 is 0 Å². The molecule has 2 atom stereocenters. The van der Waals surface area contributed by atoms with Crippen LogP contribution in [0, 0.1) is 5.41 Å². The fourth-order valence-electron chi connectivity index (χ4n) is 3.21. The number of nitrogens with one attached hydrogen (secondary N) is 1. The normalized spacial score (nSPS) is 25.1. The summed E-state index contributed by atoms with van der Waals surface area (Å²) in [4.78, 5) is 2.62. The van der Waals surface area contributed by atoms with Crippen molar-refractivity contribution in [3.05, 3.63) is 18.0 Å². The molecule has 0 aromatic carbocycles. The molecule has 1 aliphatic heterocycles. The predicted octanol–water partition coefficient (Wildman–Crippen LogP) is 2.41. The minimum Gasteiger partial charge on any atom is -0.311 e. The summed E-state index contributed by atoms with van der Waals surface area (Å²) in [6, 6.07) is 3.33. The van der Waals surface area contributed by atoms with Gasteiger partial charge in [-0.2, -0.15) is 5.10 Å². The Balaban J connectivity index is 2.09. The molecule has 0 spiro atoms. The van der Waals surface area contributed by atoms with E-state index in [-0.39, 0.29) is 0 Å². The fourth-order valence-corrected chi connectivity index (χ4v) is 3.21. The van der Waals surface area contributed by atoms with Gasteiger partial charge in [-0.3, -0.25) is 9.58 Å². The number of piperazine rings is 1. The molecule has 0 radical (unpaired) electrons. The highest BCUT2D eigenvalue weighted by Crippen LogP contribution is 2.28. The lowest BCUT2D eigenvalue weighted by Gasteiger charge is -2.46. The lowest BCUT2D eigenvalue weighted by Crippen LogP contribution is -2.60. The van der Waals surface area contributed by atoms with E-state index in [0.29, 0.717) is 17.5 Å². The minimum absolute atomic E-state index is 0.291. The van der Waals surface area contributed by atoms with Crippen LogP contribution in [-0.4, -0.2) is 39.9 Å². The van der Waals surface area contributed by atoms with Gasteiger partial charge in [-0.05, 0) is 17.9 Å². The van der Waals surface area contributed by atoms with Crippen LogP contribution < -0.4 is 5.32 Å². The average molecular weight is 278 g/mol. The Labute approximate surface area is 123 Å². The largest absolute Gasteiger partial charge is 0.311 e. The Morgan fingerprint density at radius 2 is 2.15 bits per heavy atom. The van der Waals surface area contributed by atoms with Gasteiger partial charge in [0.15, 0.2) is 0 Å². The molecule has 1 saturated heterocycles. The molecule has 4 nitrogen and oxygen atoms in total. The predicted molar refractivity (Wildman–Crippen MR) is 83.6 cm³/mol. The standard InChI is InChI=1S/C16H30N4/c1-6-7-13-11-20(12-14-8-9-19(5)18-14)15(10-17-13)16(2,3)4/h8-9,13,15,17H,6-7,10-12H2,1-5H3. The number of aromatic nitrogens is 2. The molecule has 1 fully saturated rings. The van der Waals surface area contributed by atoms with Crippen molar-refractivity contribution in [2.75, 3.05) is 13.1 Å². The molecule has 2 unspecified atom stereocenters. The highest BCUT2D eigenvalue weighted by Gasteiger charge is 2.35. The van der Waals surface area contributed by atoms with Crippen molar-refractivity contribution in [3.8, 4) is 0 Å². The zero-order valence-electron chi connectivity index (χ0n) is 13.7. The maximum atomic E-state index is 4.55. The summed E-state index contributed by atoms with van der Waals surface area (Å²) >= 11 is 0. The molecule has 1 aromatic rings. The van der Waals surface area contributed by atoms with Gasteiger partial charge < -0.3 is 5.32 Å². The summed E-state index contributed by atoms with van der Waals surface area (Å²) in [5.74, 6) is 0. The van der Waals surface area contributed by atoms with Gasteiger partial charge in [0.25, 0.3) is 0 Å². The zero-order valence-corrected chi connectivity index (χ0v) is 13.7. The number of rotatable bonds is 4. The van der Waals surface area contributed by atoms with Crippen LogP contribution in [0.5, 0.6) is 0 Å². The number of hydrogen-bond donors (Lipinski definition) is 1. The first-order chi connectivity index (χ1) is 9.40. The Morgan fingerprint density at radius 1 is 1.40 bits per heavy atom. The smallest absolute Gasteiger partial charge is 0.0764 e. The van der Waals surface area contributed by atoms with Gasteiger partial charge in [-0.1, -0.05) is 34.1 Å². The molecule has 0 amide bonds. The van der Waals surface area contributed by atoms with Crippen molar-refractivity contribution in [2.24, 2.45) is 12.5 Å². The van der Waals surface area contributed by atoms with Gasteiger partial charge in [0.1, 0.15) is 0 Å². The Morgan fingerprint density at radius 3 is 2.70 bits per heavy atom. The first-order valence-corrected chi connectivity index (χ1v) is 7.86. The van der Waals surface area contributed by atoms with Crippen LogP contribution in [0.4, 0.5) is 0 Å². The third-order valence-corrected chi connectivity index (χ3v) is 4.27.